The maximum Gasteiger partial charge on any atom is 0.244 e. The first-order valence-electron chi connectivity index (χ1n) is 9.85. The normalized spacial score (nSPS) is 11.0. The number of benzene rings is 2. The molecule has 2 heterocycles. The number of fused-ring (bicyclic) bond motifs is 1. The fourth-order valence-electron chi connectivity index (χ4n) is 3.52. The van der Waals surface area contributed by atoms with Gasteiger partial charge in [0.1, 0.15) is 6.54 Å². The highest BCUT2D eigenvalue weighted by atomic mass is 32.2. The Hall–Kier alpha value is -3.12. The summed E-state index contributed by atoms with van der Waals surface area (Å²) in [5.74, 6) is 0.711. The smallest absolute Gasteiger partial charge is 0.244 e. The predicted octanol–water partition coefficient (Wildman–Crippen LogP) is 5.29. The Kier molecular flexibility index (Phi) is 5.86. The van der Waals surface area contributed by atoms with Crippen LogP contribution >= 0.6 is 11.8 Å². The molecule has 0 atom stereocenters. The number of nitrogens with zero attached hydrogens (tertiary/aromatic N) is 3. The molecule has 1 amide bonds. The van der Waals surface area contributed by atoms with Crippen molar-refractivity contribution in [3.05, 3.63) is 83.2 Å². The summed E-state index contributed by atoms with van der Waals surface area (Å²) >= 11 is 1.64. The van der Waals surface area contributed by atoms with Crippen molar-refractivity contribution < 1.29 is 4.79 Å². The average molecular weight is 417 g/mol. The molecular formula is C24H24N4OS. The number of aryl methyl sites for hydroxylation is 3. The second-order valence-corrected chi connectivity index (χ2v) is 8.43. The van der Waals surface area contributed by atoms with Crippen molar-refractivity contribution in [1.82, 2.24) is 14.5 Å². The Bertz CT molecular complexity index is 1190. The lowest BCUT2D eigenvalue weighted by atomic mass is 10.1. The molecule has 5 nitrogen and oxygen atoms in total. The summed E-state index contributed by atoms with van der Waals surface area (Å²) in [5, 5.41) is 3.84. The molecule has 6 heteroatoms. The van der Waals surface area contributed by atoms with Gasteiger partial charge in [-0.15, -0.1) is 0 Å². The van der Waals surface area contributed by atoms with Gasteiger partial charge in [0.05, 0.1) is 17.2 Å². The summed E-state index contributed by atoms with van der Waals surface area (Å²) in [6.45, 7) is 6.35. The molecule has 0 bridgehead atoms. The lowest BCUT2D eigenvalue weighted by molar-refractivity contribution is -0.116. The summed E-state index contributed by atoms with van der Waals surface area (Å²) in [7, 11) is 0. The van der Waals surface area contributed by atoms with Crippen molar-refractivity contribution in [2.24, 2.45) is 0 Å². The van der Waals surface area contributed by atoms with Gasteiger partial charge in [-0.3, -0.25) is 9.78 Å². The minimum atomic E-state index is -0.0825. The predicted molar refractivity (Wildman–Crippen MR) is 123 cm³/mol. The van der Waals surface area contributed by atoms with E-state index in [2.05, 4.69) is 35.4 Å². The van der Waals surface area contributed by atoms with Crippen LogP contribution in [0.2, 0.25) is 0 Å². The number of anilines is 1. The molecule has 4 aromatic rings. The molecule has 0 aliphatic carbocycles. The fourth-order valence-corrected chi connectivity index (χ4v) is 4.61. The summed E-state index contributed by atoms with van der Waals surface area (Å²) in [6, 6.07) is 16.3. The van der Waals surface area contributed by atoms with Gasteiger partial charge in [0, 0.05) is 17.6 Å². The van der Waals surface area contributed by atoms with Gasteiger partial charge in [0.15, 0.2) is 5.16 Å². The number of pyridine rings is 1. The standard InChI is InChI=1S/C24H24N4OS/c1-16-10-17(2)12-20(11-16)26-23(29)14-28-22-13-25-9-8-21(22)27-24(28)30-15-19-7-5-4-6-18(19)3/h4-13H,14-15H2,1-3H3,(H,26,29). The minimum Gasteiger partial charge on any atom is -0.325 e. The van der Waals surface area contributed by atoms with Crippen LogP contribution in [-0.4, -0.2) is 20.4 Å². The largest absolute Gasteiger partial charge is 0.325 e. The van der Waals surface area contributed by atoms with Crippen LogP contribution in [0, 0.1) is 20.8 Å². The molecule has 4 rings (SSSR count). The molecule has 0 unspecified atom stereocenters. The van der Waals surface area contributed by atoms with Gasteiger partial charge in [-0.2, -0.15) is 0 Å². The number of carbonyl (C=O) groups excluding carboxylic acids is 1. The van der Waals surface area contributed by atoms with Gasteiger partial charge >= 0.3 is 0 Å². The number of carbonyl (C=O) groups is 1. The Morgan fingerprint density at radius 2 is 1.83 bits per heavy atom. The third-order valence-electron chi connectivity index (χ3n) is 4.94. The Balaban J connectivity index is 1.58. The Labute approximate surface area is 180 Å². The van der Waals surface area contributed by atoms with Crippen molar-refractivity contribution in [2.45, 2.75) is 38.2 Å². The molecular weight excluding hydrogens is 392 g/mol. The van der Waals surface area contributed by atoms with Crippen LogP contribution in [0.4, 0.5) is 5.69 Å². The van der Waals surface area contributed by atoms with E-state index in [1.54, 1.807) is 24.2 Å². The molecule has 152 valence electrons. The Morgan fingerprint density at radius 3 is 2.60 bits per heavy atom. The summed E-state index contributed by atoms with van der Waals surface area (Å²) in [4.78, 5) is 21.8. The quantitative estimate of drug-likeness (QED) is 0.434. The molecule has 0 aliphatic heterocycles. The summed E-state index contributed by atoms with van der Waals surface area (Å²) in [6.07, 6.45) is 3.50. The zero-order valence-corrected chi connectivity index (χ0v) is 18.2. The zero-order chi connectivity index (χ0) is 21.1. The van der Waals surface area contributed by atoms with Gasteiger partial charge in [-0.1, -0.05) is 42.1 Å². The monoisotopic (exact) mass is 416 g/mol. The van der Waals surface area contributed by atoms with Crippen molar-refractivity contribution in [2.75, 3.05) is 5.32 Å². The highest BCUT2D eigenvalue weighted by Crippen LogP contribution is 2.27. The minimum absolute atomic E-state index is 0.0825. The fraction of sp³-hybridized carbons (Fsp3) is 0.208. The third kappa shape index (κ3) is 4.54. The third-order valence-corrected chi connectivity index (χ3v) is 5.97. The molecule has 0 spiro atoms. The van der Waals surface area contributed by atoms with E-state index in [9.17, 15) is 4.79 Å². The number of imidazole rings is 1. The molecule has 0 aliphatic rings. The summed E-state index contributed by atoms with van der Waals surface area (Å²) in [5.41, 5.74) is 7.28. The number of hydrogen-bond donors (Lipinski definition) is 1. The molecule has 1 N–H and O–H groups in total. The van der Waals surface area contributed by atoms with Crippen LogP contribution in [-0.2, 0) is 17.1 Å². The molecule has 30 heavy (non-hydrogen) atoms. The van der Waals surface area contributed by atoms with E-state index >= 15 is 0 Å². The highest BCUT2D eigenvalue weighted by Gasteiger charge is 2.15. The average Bonchev–Trinajstić information content (AvgIpc) is 3.04. The van der Waals surface area contributed by atoms with E-state index in [1.807, 2.05) is 48.7 Å². The van der Waals surface area contributed by atoms with Crippen molar-refractivity contribution in [3.8, 4) is 0 Å². The van der Waals surface area contributed by atoms with Gasteiger partial charge in [-0.05, 0) is 61.2 Å². The van der Waals surface area contributed by atoms with Crippen LogP contribution in [0.3, 0.4) is 0 Å². The second kappa shape index (κ2) is 8.71. The summed E-state index contributed by atoms with van der Waals surface area (Å²) < 4.78 is 1.95. The maximum absolute atomic E-state index is 12.8. The first-order chi connectivity index (χ1) is 14.5. The number of hydrogen-bond acceptors (Lipinski definition) is 4. The second-order valence-electron chi connectivity index (χ2n) is 7.48. The van der Waals surface area contributed by atoms with Crippen LogP contribution < -0.4 is 5.32 Å². The number of aromatic nitrogens is 3. The number of amides is 1. The van der Waals surface area contributed by atoms with Crippen LogP contribution in [0.15, 0.2) is 66.1 Å². The highest BCUT2D eigenvalue weighted by molar-refractivity contribution is 7.98. The van der Waals surface area contributed by atoms with Gasteiger partial charge in [-0.25, -0.2) is 4.98 Å². The van der Waals surface area contributed by atoms with E-state index in [1.165, 1.54) is 11.1 Å². The van der Waals surface area contributed by atoms with Crippen molar-refractivity contribution in [1.29, 1.82) is 0 Å². The van der Waals surface area contributed by atoms with E-state index in [4.69, 9.17) is 4.98 Å². The molecule has 0 radical (unpaired) electrons. The Morgan fingerprint density at radius 1 is 1.07 bits per heavy atom. The van der Waals surface area contributed by atoms with E-state index in [0.29, 0.717) is 0 Å². The zero-order valence-electron chi connectivity index (χ0n) is 17.3. The first kappa shape index (κ1) is 20.2. The first-order valence-corrected chi connectivity index (χ1v) is 10.8. The van der Waals surface area contributed by atoms with E-state index < -0.39 is 0 Å². The van der Waals surface area contributed by atoms with Gasteiger partial charge < -0.3 is 9.88 Å². The van der Waals surface area contributed by atoms with Crippen LogP contribution in [0.5, 0.6) is 0 Å². The maximum atomic E-state index is 12.8. The van der Waals surface area contributed by atoms with E-state index in [-0.39, 0.29) is 12.5 Å². The molecule has 0 saturated carbocycles. The van der Waals surface area contributed by atoms with Crippen LogP contribution in [0.1, 0.15) is 22.3 Å². The van der Waals surface area contributed by atoms with E-state index in [0.717, 1.165) is 38.8 Å². The van der Waals surface area contributed by atoms with Crippen LogP contribution in [0.25, 0.3) is 11.0 Å². The number of rotatable bonds is 6. The number of thioether (sulfide) groups is 1. The lowest BCUT2D eigenvalue weighted by Gasteiger charge is -2.11. The van der Waals surface area contributed by atoms with Crippen molar-refractivity contribution in [3.63, 3.8) is 0 Å². The molecule has 0 saturated heterocycles. The SMILES string of the molecule is Cc1cc(C)cc(NC(=O)Cn2c(SCc3ccccc3C)nc3ccncc32)c1. The van der Waals surface area contributed by atoms with Crippen molar-refractivity contribution >= 4 is 34.4 Å². The van der Waals surface area contributed by atoms with Gasteiger partial charge in [0.2, 0.25) is 5.91 Å². The molecule has 2 aromatic carbocycles. The number of nitrogens with one attached hydrogen (secondary N) is 1. The topological polar surface area (TPSA) is 59.8 Å². The molecule has 0 fully saturated rings. The molecule has 2 aromatic heterocycles. The lowest BCUT2D eigenvalue weighted by Crippen LogP contribution is -2.19. The van der Waals surface area contributed by atoms with Gasteiger partial charge in [0.25, 0.3) is 0 Å².